The molecule has 0 bridgehead atoms. The molecule has 7 heteroatoms. The zero-order valence-electron chi connectivity index (χ0n) is 15.1. The molecule has 0 aromatic heterocycles. The molecule has 0 radical (unpaired) electrons. The SMILES string of the molecule is C=C/C(CC1CCC1)=C(OCOP([O-])[O-])\C(=C/C)C(C)C.[Na+].[Na+]. The van der Waals surface area contributed by atoms with E-state index in [9.17, 15) is 9.79 Å². The molecule has 0 amide bonds. The Hall–Kier alpha value is 1.33. The van der Waals surface area contributed by atoms with Gasteiger partial charge >= 0.3 is 59.1 Å². The molecule has 1 saturated carbocycles. The predicted molar refractivity (Wildman–Crippen MR) is 81.7 cm³/mol. The van der Waals surface area contributed by atoms with Gasteiger partial charge in [-0.2, -0.15) is 8.60 Å². The van der Waals surface area contributed by atoms with Crippen LogP contribution in [0.3, 0.4) is 0 Å². The molecule has 0 aliphatic heterocycles. The Morgan fingerprint density at radius 1 is 1.30 bits per heavy atom. The summed E-state index contributed by atoms with van der Waals surface area (Å²) in [6.45, 7) is 9.71. The maximum atomic E-state index is 10.5. The Morgan fingerprint density at radius 3 is 2.26 bits per heavy atom. The van der Waals surface area contributed by atoms with Gasteiger partial charge in [0.05, 0.1) is 0 Å². The van der Waals surface area contributed by atoms with Crippen LogP contribution in [0.1, 0.15) is 46.5 Å². The van der Waals surface area contributed by atoms with Crippen molar-refractivity contribution in [3.05, 3.63) is 35.6 Å². The summed E-state index contributed by atoms with van der Waals surface area (Å²) < 4.78 is 10.1. The van der Waals surface area contributed by atoms with Crippen molar-refractivity contribution in [1.29, 1.82) is 0 Å². The number of hydrogen-bond acceptors (Lipinski definition) is 4. The van der Waals surface area contributed by atoms with Crippen LogP contribution >= 0.6 is 8.60 Å². The molecule has 0 heterocycles. The quantitative estimate of drug-likeness (QED) is 0.147. The molecule has 23 heavy (non-hydrogen) atoms. The first kappa shape index (κ1) is 26.6. The number of allylic oxidation sites excluding steroid dienone is 4. The third kappa shape index (κ3) is 9.55. The van der Waals surface area contributed by atoms with Crippen molar-refractivity contribution in [3.8, 4) is 0 Å². The predicted octanol–water partition coefficient (Wildman–Crippen LogP) is -2.83. The second-order valence-electron chi connectivity index (χ2n) is 5.57. The van der Waals surface area contributed by atoms with Gasteiger partial charge in [0.2, 0.25) is 0 Å². The molecule has 0 aromatic carbocycles. The smallest absolute Gasteiger partial charge is 0.820 e. The standard InChI is InChI=1S/C16H25O4P.2Na/c1-5-14(10-13-8-7-9-13)16(15(6-2)12(3)4)19-11-20-21(17)18;;/h5-6,12-13H,1,7-11H2,2-4H3;;/q-2;2*+1/b15-6-,16-14-;;. The fourth-order valence-electron chi connectivity index (χ4n) is 2.49. The number of hydrogen-bond donors (Lipinski definition) is 0. The van der Waals surface area contributed by atoms with Crippen LogP contribution in [0, 0.1) is 11.8 Å². The summed E-state index contributed by atoms with van der Waals surface area (Å²) >= 11 is 0. The van der Waals surface area contributed by atoms with Gasteiger partial charge in [-0.25, -0.2) is 0 Å². The van der Waals surface area contributed by atoms with Gasteiger partial charge in [-0.05, 0) is 36.3 Å². The van der Waals surface area contributed by atoms with Gasteiger partial charge in [-0.3, -0.25) is 0 Å². The molecule has 0 aromatic rings. The molecule has 1 aliphatic carbocycles. The third-order valence-corrected chi connectivity index (χ3v) is 4.14. The van der Waals surface area contributed by atoms with Gasteiger partial charge in [0.1, 0.15) is 5.76 Å². The van der Waals surface area contributed by atoms with Crippen molar-refractivity contribution < 1.29 is 78.2 Å². The number of ether oxygens (including phenoxy) is 1. The molecule has 4 nitrogen and oxygen atoms in total. The van der Waals surface area contributed by atoms with E-state index in [-0.39, 0.29) is 71.8 Å². The van der Waals surface area contributed by atoms with Crippen molar-refractivity contribution in [2.45, 2.75) is 46.5 Å². The zero-order valence-corrected chi connectivity index (χ0v) is 20.0. The summed E-state index contributed by atoms with van der Waals surface area (Å²) in [5.41, 5.74) is 2.08. The Bertz CT molecular complexity index is 405. The molecule has 0 saturated heterocycles. The van der Waals surface area contributed by atoms with Gasteiger partial charge in [0.15, 0.2) is 6.79 Å². The number of rotatable bonds is 9. The van der Waals surface area contributed by atoms with Gasteiger partial charge in [-0.1, -0.05) is 51.8 Å². The first-order chi connectivity index (χ1) is 9.99. The van der Waals surface area contributed by atoms with Crippen LogP contribution < -0.4 is 68.9 Å². The van der Waals surface area contributed by atoms with E-state index < -0.39 is 8.60 Å². The van der Waals surface area contributed by atoms with E-state index in [1.54, 1.807) is 0 Å². The minimum atomic E-state index is -2.90. The maximum Gasteiger partial charge on any atom is 1.00 e. The minimum absolute atomic E-state index is 0. The van der Waals surface area contributed by atoms with Gasteiger partial charge in [-0.15, -0.1) is 0 Å². The van der Waals surface area contributed by atoms with Crippen molar-refractivity contribution in [3.63, 3.8) is 0 Å². The van der Waals surface area contributed by atoms with Crippen LogP contribution in [0.15, 0.2) is 35.6 Å². The van der Waals surface area contributed by atoms with E-state index >= 15 is 0 Å². The largest absolute Gasteiger partial charge is 1.00 e. The second kappa shape index (κ2) is 14.5. The van der Waals surface area contributed by atoms with Gasteiger partial charge in [0.25, 0.3) is 0 Å². The molecule has 0 N–H and O–H groups in total. The van der Waals surface area contributed by atoms with Crippen molar-refractivity contribution in [2.24, 2.45) is 11.8 Å². The maximum absolute atomic E-state index is 10.5. The van der Waals surface area contributed by atoms with Crippen molar-refractivity contribution >= 4 is 8.60 Å². The normalized spacial score (nSPS) is 16.2. The van der Waals surface area contributed by atoms with Gasteiger partial charge in [0, 0.05) is 0 Å². The third-order valence-electron chi connectivity index (χ3n) is 3.83. The molecule has 0 spiro atoms. The van der Waals surface area contributed by atoms with E-state index in [1.807, 2.05) is 19.1 Å². The summed E-state index contributed by atoms with van der Waals surface area (Å²) in [5.74, 6) is 1.67. The van der Waals surface area contributed by atoms with Crippen LogP contribution in [0.2, 0.25) is 0 Å². The van der Waals surface area contributed by atoms with Crippen LogP contribution in [0.25, 0.3) is 0 Å². The molecule has 1 aliphatic rings. The molecule has 0 atom stereocenters. The summed E-state index contributed by atoms with van der Waals surface area (Å²) in [6, 6.07) is 0. The second-order valence-corrected chi connectivity index (χ2v) is 6.28. The molecule has 1 fully saturated rings. The fourth-order valence-corrected chi connectivity index (χ4v) is 2.63. The fraction of sp³-hybridized carbons (Fsp3) is 0.625. The van der Waals surface area contributed by atoms with Crippen LogP contribution in [0.5, 0.6) is 0 Å². The average molecular weight is 358 g/mol. The van der Waals surface area contributed by atoms with Crippen molar-refractivity contribution in [1.82, 2.24) is 0 Å². The summed E-state index contributed by atoms with van der Waals surface area (Å²) in [7, 11) is -2.90. The Balaban J connectivity index is 0. The monoisotopic (exact) mass is 358 g/mol. The summed E-state index contributed by atoms with van der Waals surface area (Å²) in [6.07, 6.45) is 8.50. The van der Waals surface area contributed by atoms with E-state index in [0.29, 0.717) is 11.7 Å². The first-order valence-corrected chi connectivity index (χ1v) is 8.51. The van der Waals surface area contributed by atoms with E-state index in [1.165, 1.54) is 19.3 Å². The van der Waals surface area contributed by atoms with Crippen molar-refractivity contribution in [2.75, 3.05) is 6.79 Å². The Kier molecular flexibility index (Phi) is 16.7. The molecule has 0 unspecified atom stereocenters. The Labute approximate surface area is 186 Å². The van der Waals surface area contributed by atoms with E-state index in [4.69, 9.17) is 4.74 Å². The average Bonchev–Trinajstić information content (AvgIpc) is 2.36. The molecule has 120 valence electrons. The van der Waals surface area contributed by atoms with Crippen LogP contribution in [-0.4, -0.2) is 6.79 Å². The van der Waals surface area contributed by atoms with Gasteiger partial charge < -0.3 is 19.0 Å². The molecular weight excluding hydrogens is 333 g/mol. The molecule has 1 rings (SSSR count). The first-order valence-electron chi connectivity index (χ1n) is 7.41. The molecular formula is C16H25Na2O4P. The van der Waals surface area contributed by atoms with Crippen LogP contribution in [0.4, 0.5) is 0 Å². The topological polar surface area (TPSA) is 64.6 Å². The minimum Gasteiger partial charge on any atom is -0.820 e. The summed E-state index contributed by atoms with van der Waals surface area (Å²) in [4.78, 5) is 21.0. The van der Waals surface area contributed by atoms with E-state index in [0.717, 1.165) is 17.6 Å². The van der Waals surface area contributed by atoms with E-state index in [2.05, 4.69) is 25.0 Å². The zero-order chi connectivity index (χ0) is 15.8. The Morgan fingerprint density at radius 2 is 1.91 bits per heavy atom. The van der Waals surface area contributed by atoms with Crippen LogP contribution in [-0.2, 0) is 9.26 Å². The summed E-state index contributed by atoms with van der Waals surface area (Å²) in [5, 5.41) is 0.